The van der Waals surface area contributed by atoms with E-state index >= 15 is 0 Å². The summed E-state index contributed by atoms with van der Waals surface area (Å²) < 4.78 is 5.55. The minimum Gasteiger partial charge on any atom is -0.484 e. The molecule has 1 amide bonds. The summed E-state index contributed by atoms with van der Waals surface area (Å²) in [6, 6.07) is 6.07. The zero-order chi connectivity index (χ0) is 13.5. The lowest BCUT2D eigenvalue weighted by Crippen LogP contribution is -2.62. The minimum absolute atomic E-state index is 0.0505. The predicted octanol–water partition coefficient (Wildman–Crippen LogP) is 1.15. The van der Waals surface area contributed by atoms with Crippen LogP contribution in [0.1, 0.15) is 24.5 Å². The van der Waals surface area contributed by atoms with E-state index in [0.29, 0.717) is 13.1 Å². The number of rotatable bonds is 3. The lowest BCUT2D eigenvalue weighted by atomic mass is 9.97. The highest BCUT2D eigenvalue weighted by Gasteiger charge is 2.39. The fraction of sp³-hybridized carbons (Fsp3) is 0.533. The monoisotopic (exact) mass is 261 g/mol. The number of likely N-dealkylation sites (tertiary alicyclic amines) is 1. The first kappa shape index (κ1) is 12.5. The second kappa shape index (κ2) is 4.53. The van der Waals surface area contributed by atoms with Gasteiger partial charge in [-0.05, 0) is 49.4 Å². The summed E-state index contributed by atoms with van der Waals surface area (Å²) in [5.41, 5.74) is 2.03. The van der Waals surface area contributed by atoms with Crippen molar-refractivity contribution < 1.29 is 14.6 Å². The SMILES string of the molecule is CC1(O)CN(C(=O)COc2ccc3c(c2)CCC3)C1. The van der Waals surface area contributed by atoms with E-state index in [4.69, 9.17) is 4.74 Å². The normalized spacial score (nSPS) is 19.8. The summed E-state index contributed by atoms with van der Waals surface area (Å²) in [5.74, 6) is 0.702. The highest BCUT2D eigenvalue weighted by atomic mass is 16.5. The van der Waals surface area contributed by atoms with E-state index in [1.54, 1.807) is 11.8 Å². The molecule has 0 aromatic heterocycles. The molecule has 4 nitrogen and oxygen atoms in total. The van der Waals surface area contributed by atoms with Gasteiger partial charge >= 0.3 is 0 Å². The van der Waals surface area contributed by atoms with Crippen LogP contribution in [0.25, 0.3) is 0 Å². The van der Waals surface area contributed by atoms with Crippen molar-refractivity contribution in [1.82, 2.24) is 4.90 Å². The first-order chi connectivity index (χ1) is 9.03. The van der Waals surface area contributed by atoms with Crippen LogP contribution in [0.15, 0.2) is 18.2 Å². The van der Waals surface area contributed by atoms with Crippen LogP contribution in [-0.4, -0.2) is 41.2 Å². The lowest BCUT2D eigenvalue weighted by molar-refractivity contribution is -0.154. The summed E-state index contributed by atoms with van der Waals surface area (Å²) in [7, 11) is 0. The largest absolute Gasteiger partial charge is 0.484 e. The van der Waals surface area contributed by atoms with Gasteiger partial charge in [-0.3, -0.25) is 4.79 Å². The Kier molecular flexibility index (Phi) is 2.97. The van der Waals surface area contributed by atoms with Crippen LogP contribution in [0.3, 0.4) is 0 Å². The number of aliphatic hydroxyl groups is 1. The van der Waals surface area contributed by atoms with Crippen LogP contribution < -0.4 is 4.74 Å². The number of benzene rings is 1. The Morgan fingerprint density at radius 3 is 2.84 bits per heavy atom. The third-order valence-electron chi connectivity index (χ3n) is 3.85. The molecule has 102 valence electrons. The van der Waals surface area contributed by atoms with Crippen LogP contribution in [0.4, 0.5) is 0 Å². The summed E-state index contributed by atoms with van der Waals surface area (Å²) in [5, 5.41) is 9.59. The number of carbonyl (C=O) groups excluding carboxylic acids is 1. The number of ether oxygens (including phenoxy) is 1. The average molecular weight is 261 g/mol. The van der Waals surface area contributed by atoms with Gasteiger partial charge in [-0.1, -0.05) is 6.07 Å². The molecule has 2 aliphatic rings. The van der Waals surface area contributed by atoms with E-state index < -0.39 is 5.60 Å². The van der Waals surface area contributed by atoms with Crippen LogP contribution in [-0.2, 0) is 17.6 Å². The molecule has 4 heteroatoms. The number of aryl methyl sites for hydroxylation is 2. The standard InChI is InChI=1S/C15H19NO3/c1-15(18)9-16(10-15)14(17)8-19-13-6-5-11-3-2-4-12(11)7-13/h5-7,18H,2-4,8-10H2,1H3. The number of β-amino-alcohol motifs (C(OH)–C–C–N with tert-alkyl or cyclic N) is 1. The van der Waals surface area contributed by atoms with E-state index in [-0.39, 0.29) is 12.5 Å². The topological polar surface area (TPSA) is 49.8 Å². The fourth-order valence-electron chi connectivity index (χ4n) is 2.83. The zero-order valence-electron chi connectivity index (χ0n) is 11.2. The van der Waals surface area contributed by atoms with Gasteiger partial charge in [-0.2, -0.15) is 0 Å². The van der Waals surface area contributed by atoms with Crippen molar-refractivity contribution in [3.05, 3.63) is 29.3 Å². The van der Waals surface area contributed by atoms with Gasteiger partial charge in [0.1, 0.15) is 5.75 Å². The van der Waals surface area contributed by atoms with Gasteiger partial charge in [0.05, 0.1) is 18.7 Å². The molecule has 1 heterocycles. The molecule has 0 saturated carbocycles. The maximum absolute atomic E-state index is 11.8. The molecular weight excluding hydrogens is 242 g/mol. The van der Waals surface area contributed by atoms with Gasteiger partial charge in [0.2, 0.25) is 0 Å². The number of carbonyl (C=O) groups is 1. The van der Waals surface area contributed by atoms with E-state index in [1.807, 2.05) is 12.1 Å². The Labute approximate surface area is 113 Å². The highest BCUT2D eigenvalue weighted by Crippen LogP contribution is 2.26. The van der Waals surface area contributed by atoms with Crippen molar-refractivity contribution in [2.24, 2.45) is 0 Å². The predicted molar refractivity (Wildman–Crippen MR) is 71.2 cm³/mol. The molecule has 1 fully saturated rings. The number of hydrogen-bond donors (Lipinski definition) is 1. The minimum atomic E-state index is -0.719. The smallest absolute Gasteiger partial charge is 0.260 e. The van der Waals surface area contributed by atoms with Gasteiger partial charge < -0.3 is 14.7 Å². The number of fused-ring (bicyclic) bond motifs is 1. The summed E-state index contributed by atoms with van der Waals surface area (Å²) in [6.45, 7) is 2.59. The fourth-order valence-corrected chi connectivity index (χ4v) is 2.83. The highest BCUT2D eigenvalue weighted by molar-refractivity contribution is 5.79. The molecule has 19 heavy (non-hydrogen) atoms. The Hall–Kier alpha value is -1.55. The van der Waals surface area contributed by atoms with Crippen LogP contribution >= 0.6 is 0 Å². The molecule has 1 aliphatic carbocycles. The molecular formula is C15H19NO3. The maximum Gasteiger partial charge on any atom is 0.260 e. The van der Waals surface area contributed by atoms with E-state index in [0.717, 1.165) is 18.6 Å². The van der Waals surface area contributed by atoms with Crippen molar-refractivity contribution >= 4 is 5.91 Å². The third-order valence-corrected chi connectivity index (χ3v) is 3.85. The van der Waals surface area contributed by atoms with Crippen molar-refractivity contribution in [3.8, 4) is 5.75 Å². The van der Waals surface area contributed by atoms with Crippen molar-refractivity contribution in [2.45, 2.75) is 31.8 Å². The molecule has 3 rings (SSSR count). The Balaban J connectivity index is 1.54. The lowest BCUT2D eigenvalue weighted by Gasteiger charge is -2.43. The second-order valence-electron chi connectivity index (χ2n) is 5.82. The van der Waals surface area contributed by atoms with Crippen molar-refractivity contribution in [3.63, 3.8) is 0 Å². The zero-order valence-corrected chi connectivity index (χ0v) is 11.2. The van der Waals surface area contributed by atoms with Gasteiger partial charge in [0.15, 0.2) is 6.61 Å². The van der Waals surface area contributed by atoms with E-state index in [9.17, 15) is 9.90 Å². The summed E-state index contributed by atoms with van der Waals surface area (Å²) in [6.07, 6.45) is 3.47. The number of amides is 1. The molecule has 1 saturated heterocycles. The van der Waals surface area contributed by atoms with Gasteiger partial charge in [0.25, 0.3) is 5.91 Å². The summed E-state index contributed by atoms with van der Waals surface area (Å²) in [4.78, 5) is 13.4. The molecule has 0 unspecified atom stereocenters. The Morgan fingerprint density at radius 2 is 2.11 bits per heavy atom. The Bertz CT molecular complexity index is 502. The molecule has 1 aliphatic heterocycles. The third kappa shape index (κ3) is 2.59. The quantitative estimate of drug-likeness (QED) is 0.888. The first-order valence-corrected chi connectivity index (χ1v) is 6.78. The van der Waals surface area contributed by atoms with E-state index in [2.05, 4.69) is 6.07 Å². The van der Waals surface area contributed by atoms with Crippen molar-refractivity contribution in [2.75, 3.05) is 19.7 Å². The molecule has 0 radical (unpaired) electrons. The van der Waals surface area contributed by atoms with Crippen LogP contribution in [0, 0.1) is 0 Å². The molecule has 0 atom stereocenters. The number of hydrogen-bond acceptors (Lipinski definition) is 3. The van der Waals surface area contributed by atoms with Crippen LogP contribution in [0.5, 0.6) is 5.75 Å². The number of nitrogens with zero attached hydrogens (tertiary/aromatic N) is 1. The average Bonchev–Trinajstić information content (AvgIpc) is 2.80. The molecule has 1 aromatic carbocycles. The van der Waals surface area contributed by atoms with E-state index in [1.165, 1.54) is 17.5 Å². The molecule has 0 spiro atoms. The molecule has 0 bridgehead atoms. The van der Waals surface area contributed by atoms with Crippen molar-refractivity contribution in [1.29, 1.82) is 0 Å². The van der Waals surface area contributed by atoms with Gasteiger partial charge in [-0.25, -0.2) is 0 Å². The molecule has 1 aromatic rings. The first-order valence-electron chi connectivity index (χ1n) is 6.78. The van der Waals surface area contributed by atoms with Crippen LogP contribution in [0.2, 0.25) is 0 Å². The Morgan fingerprint density at radius 1 is 1.37 bits per heavy atom. The van der Waals surface area contributed by atoms with Gasteiger partial charge in [-0.15, -0.1) is 0 Å². The second-order valence-corrected chi connectivity index (χ2v) is 5.82. The molecule has 1 N–H and O–H groups in total. The van der Waals surface area contributed by atoms with Gasteiger partial charge in [0, 0.05) is 0 Å². The summed E-state index contributed by atoms with van der Waals surface area (Å²) >= 11 is 0. The maximum atomic E-state index is 11.8.